The molecule has 9 heavy (non-hydrogen) atoms. The maximum Gasteiger partial charge on any atom is 0.159 e. The van der Waals surface area contributed by atoms with Crippen LogP contribution in [0.4, 0.5) is 0 Å². The zero-order valence-corrected chi connectivity index (χ0v) is 4.51. The summed E-state index contributed by atoms with van der Waals surface area (Å²) >= 11 is 0. The Morgan fingerprint density at radius 3 is 1.89 bits per heavy atom. The molecule has 7 nitrogen and oxygen atoms in total. The molecule has 0 aromatic rings. The van der Waals surface area contributed by atoms with Gasteiger partial charge in [-0.05, 0) is 0 Å². The van der Waals surface area contributed by atoms with Crippen molar-refractivity contribution in [3.63, 3.8) is 0 Å². The van der Waals surface area contributed by atoms with Crippen LogP contribution in [0.15, 0.2) is 0 Å². The van der Waals surface area contributed by atoms with E-state index >= 15 is 0 Å². The molecule has 0 amide bonds. The maximum atomic E-state index is 9.81. The summed E-state index contributed by atoms with van der Waals surface area (Å²) in [6.45, 7) is -1.26. The van der Waals surface area contributed by atoms with Gasteiger partial charge in [-0.15, -0.1) is 0 Å². The van der Waals surface area contributed by atoms with E-state index in [1.807, 2.05) is 0 Å². The lowest BCUT2D eigenvalue weighted by Gasteiger charge is -2.23. The molecule has 7 heteroatoms. The third-order valence-electron chi connectivity index (χ3n) is 0.591. The van der Waals surface area contributed by atoms with E-state index in [0.29, 0.717) is 0 Å². The van der Waals surface area contributed by atoms with Gasteiger partial charge in [0, 0.05) is 0 Å². The average Bonchev–Trinajstić information content (AvgIpc) is 1.59. The van der Waals surface area contributed by atoms with Gasteiger partial charge in [-0.2, -0.15) is 10.4 Å². The molecule has 0 saturated heterocycles. The van der Waals surface area contributed by atoms with Crippen molar-refractivity contribution in [2.24, 2.45) is 0 Å². The first kappa shape index (κ1) is 8.72. The predicted molar refractivity (Wildman–Crippen MR) is 22.3 cm³/mol. The van der Waals surface area contributed by atoms with E-state index in [-0.39, 0.29) is 5.23 Å². The Bertz CT molecular complexity index is 77.5. The second-order valence-corrected chi connectivity index (χ2v) is 1.48. The maximum absolute atomic E-state index is 9.81. The minimum Gasteiger partial charge on any atom is -0.564 e. The normalized spacial score (nSPS) is 12.7. The van der Waals surface area contributed by atoms with Gasteiger partial charge in [-0.25, -0.2) is 0 Å². The number of hydrogen-bond acceptors (Lipinski definition) is 6. The predicted octanol–water partition coefficient (Wildman–Crippen LogP) is -0.840. The third-order valence-corrected chi connectivity index (χ3v) is 0.591. The Labute approximate surface area is 50.6 Å². The lowest BCUT2D eigenvalue weighted by molar-refractivity contribution is -1.21. The highest BCUT2D eigenvalue weighted by molar-refractivity contribution is 4.25. The van der Waals surface area contributed by atoms with Crippen LogP contribution in [-0.2, 0) is 0 Å². The van der Waals surface area contributed by atoms with E-state index in [0.717, 1.165) is 0 Å². The zero-order valence-electron chi connectivity index (χ0n) is 4.51. The molecule has 56 valence electrons. The van der Waals surface area contributed by atoms with Gasteiger partial charge in [-0.3, -0.25) is 10.4 Å². The minimum atomic E-state index is -2.52. The van der Waals surface area contributed by atoms with Crippen LogP contribution >= 0.6 is 0 Å². The van der Waals surface area contributed by atoms with E-state index < -0.39 is 18.1 Å². The van der Waals surface area contributed by atoms with Crippen LogP contribution in [-0.4, -0.2) is 44.1 Å². The highest BCUT2D eigenvalue weighted by Gasteiger charge is 2.09. The van der Waals surface area contributed by atoms with Crippen molar-refractivity contribution in [1.29, 1.82) is 0 Å². The van der Waals surface area contributed by atoms with Crippen LogP contribution in [0.2, 0.25) is 0 Å². The largest absolute Gasteiger partial charge is 0.564 e. The van der Waals surface area contributed by atoms with Crippen LogP contribution in [0.25, 0.3) is 0 Å². The molecule has 0 unspecified atom stereocenters. The first-order valence-electron chi connectivity index (χ1n) is 2.12. The van der Waals surface area contributed by atoms with Crippen LogP contribution in [0, 0.1) is 5.21 Å². The van der Waals surface area contributed by atoms with Crippen molar-refractivity contribution in [2.45, 2.75) is 0 Å². The van der Waals surface area contributed by atoms with Gasteiger partial charge >= 0.3 is 0 Å². The zero-order chi connectivity index (χ0) is 7.49. The van der Waals surface area contributed by atoms with E-state index in [1.54, 1.807) is 0 Å². The molecular formula is C2H8N2O5. The highest BCUT2D eigenvalue weighted by atomic mass is 17.1. The van der Waals surface area contributed by atoms with Crippen molar-refractivity contribution in [2.75, 3.05) is 13.1 Å². The van der Waals surface area contributed by atoms with Crippen LogP contribution in [0.1, 0.15) is 0 Å². The Hall–Kier alpha value is -0.280. The fraction of sp³-hybridized carbons (Fsp3) is 1.00. The second-order valence-electron chi connectivity index (χ2n) is 1.48. The summed E-state index contributed by atoms with van der Waals surface area (Å²) in [5.74, 6) is 0. The summed E-state index contributed by atoms with van der Waals surface area (Å²) in [5, 5.41) is 41.3. The van der Waals surface area contributed by atoms with Gasteiger partial charge in [0.1, 0.15) is 6.54 Å². The Morgan fingerprint density at radius 1 is 1.33 bits per heavy atom. The summed E-state index contributed by atoms with van der Waals surface area (Å²) in [6.07, 6.45) is 0. The lowest BCUT2D eigenvalue weighted by atomic mass is 10.7. The molecule has 0 aliphatic heterocycles. The fourth-order valence-electron chi connectivity index (χ4n) is 0.220. The summed E-state index contributed by atoms with van der Waals surface area (Å²) < 4.78 is 0. The van der Waals surface area contributed by atoms with Crippen molar-refractivity contribution in [3.05, 3.63) is 5.21 Å². The van der Waals surface area contributed by atoms with Crippen LogP contribution in [0.3, 0.4) is 0 Å². The Kier molecular flexibility index (Phi) is 2.94. The minimum absolute atomic E-state index is 0.308. The van der Waals surface area contributed by atoms with Crippen molar-refractivity contribution in [3.8, 4) is 0 Å². The van der Waals surface area contributed by atoms with E-state index in [9.17, 15) is 5.21 Å². The SMILES string of the molecule is [O-][N+](O)(O)CCN(O)O. The molecule has 0 rings (SSSR count). The number of quaternary nitrogens is 1. The number of nitrogens with zero attached hydrogens (tertiary/aromatic N) is 2. The first-order valence-corrected chi connectivity index (χ1v) is 2.12. The monoisotopic (exact) mass is 140 g/mol. The molecule has 0 heterocycles. The molecule has 0 fully saturated rings. The van der Waals surface area contributed by atoms with E-state index in [2.05, 4.69) is 0 Å². The van der Waals surface area contributed by atoms with Gasteiger partial charge in [0.2, 0.25) is 0 Å². The number of hydrogen-bond donors (Lipinski definition) is 4. The average molecular weight is 140 g/mol. The molecule has 0 aliphatic carbocycles. The smallest absolute Gasteiger partial charge is 0.159 e. The number of hydroxylamine groups is 5. The molecule has 4 N–H and O–H groups in total. The summed E-state index contributed by atoms with van der Waals surface area (Å²) in [5.41, 5.74) is 0. The number of rotatable bonds is 3. The highest BCUT2D eigenvalue weighted by Crippen LogP contribution is 1.89. The van der Waals surface area contributed by atoms with Crippen molar-refractivity contribution in [1.82, 2.24) is 5.23 Å². The summed E-state index contributed by atoms with van der Waals surface area (Å²) in [6, 6.07) is 0. The fourth-order valence-corrected chi connectivity index (χ4v) is 0.220. The van der Waals surface area contributed by atoms with E-state index in [4.69, 9.17) is 20.8 Å². The molecule has 0 spiro atoms. The van der Waals surface area contributed by atoms with Gasteiger partial charge in [0.25, 0.3) is 0 Å². The first-order chi connectivity index (χ1) is 3.92. The third kappa shape index (κ3) is 7.72. The topological polar surface area (TPSA) is 107 Å². The molecule has 0 saturated carbocycles. The second kappa shape index (κ2) is 3.03. The Morgan fingerprint density at radius 2 is 1.78 bits per heavy atom. The van der Waals surface area contributed by atoms with Gasteiger partial charge < -0.3 is 5.21 Å². The van der Waals surface area contributed by atoms with Gasteiger partial charge in [-0.1, -0.05) is 10.2 Å². The lowest BCUT2D eigenvalue weighted by Crippen LogP contribution is -2.40. The van der Waals surface area contributed by atoms with E-state index in [1.165, 1.54) is 0 Å². The summed E-state index contributed by atoms with van der Waals surface area (Å²) in [4.78, 5) is -2.52. The van der Waals surface area contributed by atoms with Crippen LogP contribution in [0.5, 0.6) is 0 Å². The van der Waals surface area contributed by atoms with Crippen molar-refractivity contribution < 1.29 is 25.8 Å². The molecular weight excluding hydrogens is 132 g/mol. The molecule has 0 aliphatic rings. The van der Waals surface area contributed by atoms with Crippen molar-refractivity contribution >= 4 is 0 Å². The molecule has 0 aromatic heterocycles. The molecule has 0 atom stereocenters. The standard InChI is InChI=1S/C2H8N2O5/c5-3(6)1-2-4(7,8)9/h5-8H,1-2H2. The summed E-state index contributed by atoms with van der Waals surface area (Å²) in [7, 11) is 0. The Balaban J connectivity index is 3.28. The molecule has 0 aromatic carbocycles. The molecule has 0 radical (unpaired) electrons. The van der Waals surface area contributed by atoms with Gasteiger partial charge in [0.05, 0.1) is 0 Å². The van der Waals surface area contributed by atoms with Gasteiger partial charge in [0.15, 0.2) is 6.54 Å². The quantitative estimate of drug-likeness (QED) is 0.300. The van der Waals surface area contributed by atoms with Crippen LogP contribution < -0.4 is 0 Å². The molecule has 0 bridgehead atoms.